The number of hydrogen-bond acceptors (Lipinski definition) is 3. The number of benzene rings is 2. The van der Waals surface area contributed by atoms with Crippen LogP contribution in [-0.4, -0.2) is 24.7 Å². The third-order valence-electron chi connectivity index (χ3n) is 4.20. The first-order valence-electron chi connectivity index (χ1n) is 8.60. The molecule has 2 aromatic carbocycles. The van der Waals surface area contributed by atoms with Crippen molar-refractivity contribution in [1.29, 1.82) is 0 Å². The van der Waals surface area contributed by atoms with E-state index in [1.54, 1.807) is 6.92 Å². The highest BCUT2D eigenvalue weighted by Gasteiger charge is 2.18. The van der Waals surface area contributed by atoms with Gasteiger partial charge in [-0.1, -0.05) is 30.3 Å². The Balaban J connectivity index is 1.85. The minimum atomic E-state index is -0.568. The van der Waals surface area contributed by atoms with E-state index >= 15 is 0 Å². The van der Waals surface area contributed by atoms with Crippen LogP contribution < -0.4 is 14.8 Å². The van der Waals surface area contributed by atoms with Gasteiger partial charge in [-0.25, -0.2) is 0 Å². The monoisotopic (exact) mass is 341 g/mol. The molecule has 0 saturated carbocycles. The van der Waals surface area contributed by atoms with E-state index in [-0.39, 0.29) is 11.9 Å². The molecular weight excluding hydrogens is 314 g/mol. The molecule has 0 heterocycles. The molecule has 0 aromatic heterocycles. The summed E-state index contributed by atoms with van der Waals surface area (Å²) in [7, 11) is 0. The van der Waals surface area contributed by atoms with E-state index in [2.05, 4.69) is 5.32 Å². The van der Waals surface area contributed by atoms with Crippen LogP contribution in [0.25, 0.3) is 0 Å². The highest BCUT2D eigenvalue weighted by atomic mass is 16.5. The molecule has 0 aliphatic carbocycles. The lowest BCUT2D eigenvalue weighted by molar-refractivity contribution is -0.128. The van der Waals surface area contributed by atoms with Crippen molar-refractivity contribution in [3.05, 3.63) is 59.2 Å². The lowest BCUT2D eigenvalue weighted by Gasteiger charge is -2.20. The van der Waals surface area contributed by atoms with Crippen molar-refractivity contribution in [3.8, 4) is 11.5 Å². The van der Waals surface area contributed by atoms with E-state index in [1.165, 1.54) is 0 Å². The predicted molar refractivity (Wildman–Crippen MR) is 100 cm³/mol. The summed E-state index contributed by atoms with van der Waals surface area (Å²) >= 11 is 0. The lowest BCUT2D eigenvalue weighted by atomic mass is 10.1. The molecule has 4 heteroatoms. The molecule has 1 amide bonds. The first kappa shape index (κ1) is 18.8. The van der Waals surface area contributed by atoms with Crippen molar-refractivity contribution in [2.75, 3.05) is 6.61 Å². The summed E-state index contributed by atoms with van der Waals surface area (Å²) in [5, 5.41) is 2.93. The minimum absolute atomic E-state index is 0.114. The zero-order valence-electron chi connectivity index (χ0n) is 15.6. The number of nitrogens with one attached hydrogen (secondary N) is 1. The van der Waals surface area contributed by atoms with Gasteiger partial charge in [0.05, 0.1) is 6.04 Å². The van der Waals surface area contributed by atoms with Crippen LogP contribution in [0.2, 0.25) is 0 Å². The smallest absolute Gasteiger partial charge is 0.261 e. The molecular formula is C21H27NO3. The largest absolute Gasteiger partial charge is 0.491 e. The van der Waals surface area contributed by atoms with E-state index in [4.69, 9.17) is 9.47 Å². The molecule has 0 bridgehead atoms. The fourth-order valence-corrected chi connectivity index (χ4v) is 2.43. The molecule has 0 fully saturated rings. The Bertz CT molecular complexity index is 727. The van der Waals surface area contributed by atoms with Crippen molar-refractivity contribution >= 4 is 5.91 Å². The van der Waals surface area contributed by atoms with Crippen molar-refractivity contribution in [2.24, 2.45) is 0 Å². The number of hydrogen-bond donors (Lipinski definition) is 1. The van der Waals surface area contributed by atoms with Gasteiger partial charge in [-0.15, -0.1) is 0 Å². The molecule has 2 aromatic rings. The SMILES string of the molecule is Cc1ccccc1OC[C@H](C)NC(=O)[C@@H](C)Oc1cccc(C)c1C. The molecule has 25 heavy (non-hydrogen) atoms. The van der Waals surface area contributed by atoms with Gasteiger partial charge in [-0.05, 0) is 63.4 Å². The zero-order chi connectivity index (χ0) is 18.4. The fourth-order valence-electron chi connectivity index (χ4n) is 2.43. The highest BCUT2D eigenvalue weighted by molar-refractivity contribution is 5.81. The molecule has 0 spiro atoms. The second-order valence-corrected chi connectivity index (χ2v) is 6.44. The minimum Gasteiger partial charge on any atom is -0.491 e. The van der Waals surface area contributed by atoms with Crippen LogP contribution in [-0.2, 0) is 4.79 Å². The van der Waals surface area contributed by atoms with Crippen LogP contribution in [0.3, 0.4) is 0 Å². The van der Waals surface area contributed by atoms with Crippen LogP contribution in [0.4, 0.5) is 0 Å². The van der Waals surface area contributed by atoms with Crippen LogP contribution in [0, 0.1) is 20.8 Å². The topological polar surface area (TPSA) is 47.6 Å². The third kappa shape index (κ3) is 5.24. The summed E-state index contributed by atoms with van der Waals surface area (Å²) < 4.78 is 11.6. The van der Waals surface area contributed by atoms with Gasteiger partial charge in [0, 0.05) is 0 Å². The first-order chi connectivity index (χ1) is 11.9. The normalized spacial score (nSPS) is 13.0. The van der Waals surface area contributed by atoms with Crippen molar-refractivity contribution in [3.63, 3.8) is 0 Å². The zero-order valence-corrected chi connectivity index (χ0v) is 15.6. The molecule has 0 aliphatic rings. The van der Waals surface area contributed by atoms with Gasteiger partial charge in [0.15, 0.2) is 6.10 Å². The average molecular weight is 341 g/mol. The van der Waals surface area contributed by atoms with Gasteiger partial charge in [-0.2, -0.15) is 0 Å². The molecule has 0 radical (unpaired) electrons. The van der Waals surface area contributed by atoms with E-state index < -0.39 is 6.10 Å². The Morgan fingerprint density at radius 2 is 1.60 bits per heavy atom. The van der Waals surface area contributed by atoms with E-state index in [1.807, 2.05) is 70.2 Å². The van der Waals surface area contributed by atoms with Crippen LogP contribution in [0.15, 0.2) is 42.5 Å². The molecule has 0 saturated heterocycles. The quantitative estimate of drug-likeness (QED) is 0.829. The summed E-state index contributed by atoms with van der Waals surface area (Å²) in [6.45, 7) is 10.1. The third-order valence-corrected chi connectivity index (χ3v) is 4.20. The predicted octanol–water partition coefficient (Wildman–Crippen LogP) is 3.96. The van der Waals surface area contributed by atoms with E-state index in [9.17, 15) is 4.79 Å². The van der Waals surface area contributed by atoms with Crippen LogP contribution >= 0.6 is 0 Å². The Morgan fingerprint density at radius 3 is 2.32 bits per heavy atom. The number of para-hydroxylation sites is 1. The summed E-state index contributed by atoms with van der Waals surface area (Å²) in [6.07, 6.45) is -0.568. The number of rotatable bonds is 7. The summed E-state index contributed by atoms with van der Waals surface area (Å²) in [4.78, 5) is 12.3. The van der Waals surface area contributed by atoms with Crippen LogP contribution in [0.1, 0.15) is 30.5 Å². The lowest BCUT2D eigenvalue weighted by Crippen LogP contribution is -2.43. The fraction of sp³-hybridized carbons (Fsp3) is 0.381. The molecule has 4 nitrogen and oxygen atoms in total. The van der Waals surface area contributed by atoms with Gasteiger partial charge in [-0.3, -0.25) is 4.79 Å². The molecule has 1 N–H and O–H groups in total. The highest BCUT2D eigenvalue weighted by Crippen LogP contribution is 2.21. The Labute approximate surface area is 150 Å². The van der Waals surface area contributed by atoms with Gasteiger partial charge >= 0.3 is 0 Å². The summed E-state index contributed by atoms with van der Waals surface area (Å²) in [5.74, 6) is 1.43. The maximum absolute atomic E-state index is 12.3. The van der Waals surface area contributed by atoms with Crippen LogP contribution in [0.5, 0.6) is 11.5 Å². The number of carbonyl (C=O) groups excluding carboxylic acids is 1. The molecule has 2 rings (SSSR count). The summed E-state index contributed by atoms with van der Waals surface area (Å²) in [5.41, 5.74) is 3.27. The number of carbonyl (C=O) groups is 1. The first-order valence-corrected chi connectivity index (χ1v) is 8.60. The van der Waals surface area contributed by atoms with Gasteiger partial charge in [0.25, 0.3) is 5.91 Å². The molecule has 0 unspecified atom stereocenters. The van der Waals surface area contributed by atoms with E-state index in [0.717, 1.165) is 28.2 Å². The van der Waals surface area contributed by atoms with Crippen molar-refractivity contribution in [2.45, 2.75) is 46.8 Å². The Hall–Kier alpha value is -2.49. The maximum Gasteiger partial charge on any atom is 0.261 e. The summed E-state index contributed by atoms with van der Waals surface area (Å²) in [6, 6.07) is 13.6. The Kier molecular flexibility index (Phi) is 6.45. The molecule has 2 atom stereocenters. The Morgan fingerprint density at radius 1 is 0.960 bits per heavy atom. The van der Waals surface area contributed by atoms with Gasteiger partial charge < -0.3 is 14.8 Å². The van der Waals surface area contributed by atoms with Gasteiger partial charge in [0.2, 0.25) is 0 Å². The molecule has 134 valence electrons. The average Bonchev–Trinajstić information content (AvgIpc) is 2.58. The molecule has 0 aliphatic heterocycles. The standard InChI is InChI=1S/C21H27NO3/c1-14-10-8-12-20(17(14)4)25-18(5)21(23)22-16(3)13-24-19-11-7-6-9-15(19)2/h6-12,16,18H,13H2,1-5H3,(H,22,23)/t16-,18+/m0/s1. The number of aryl methyl sites for hydroxylation is 2. The van der Waals surface area contributed by atoms with E-state index in [0.29, 0.717) is 6.61 Å². The second-order valence-electron chi connectivity index (χ2n) is 6.44. The number of amides is 1. The van der Waals surface area contributed by atoms with Crippen molar-refractivity contribution in [1.82, 2.24) is 5.32 Å². The van der Waals surface area contributed by atoms with Gasteiger partial charge in [0.1, 0.15) is 18.1 Å². The number of ether oxygens (including phenoxy) is 2. The van der Waals surface area contributed by atoms with Crippen molar-refractivity contribution < 1.29 is 14.3 Å². The second kappa shape index (κ2) is 8.56. The maximum atomic E-state index is 12.3.